The molecule has 2 aliphatic rings. The van der Waals surface area contributed by atoms with Gasteiger partial charge in [-0.05, 0) is 31.4 Å². The van der Waals surface area contributed by atoms with E-state index >= 15 is 0 Å². The molecule has 0 aliphatic carbocycles. The Hall–Kier alpha value is -2.53. The van der Waals surface area contributed by atoms with Crippen molar-refractivity contribution in [2.24, 2.45) is 5.10 Å². The molecule has 2 aromatic rings. The first kappa shape index (κ1) is 16.9. The molecule has 4 rings (SSSR count). The van der Waals surface area contributed by atoms with Crippen LogP contribution in [0.4, 0.5) is 4.39 Å². The lowest BCUT2D eigenvalue weighted by Crippen LogP contribution is -2.36. The van der Waals surface area contributed by atoms with Crippen LogP contribution in [0, 0.1) is 12.7 Å². The topological polar surface area (TPSA) is 41.9 Å². The Balaban J connectivity index is 1.69. The zero-order valence-corrected chi connectivity index (χ0v) is 14.7. The SMILES string of the molecule is Cc1ccc(C2=NN(C(=O)C3CCCO3)C(c3ccccc3F)C2)cc1. The fraction of sp³-hybridized carbons (Fsp3) is 0.333. The highest BCUT2D eigenvalue weighted by Gasteiger charge is 2.38. The van der Waals surface area contributed by atoms with E-state index in [1.54, 1.807) is 18.2 Å². The van der Waals surface area contributed by atoms with E-state index in [0.717, 1.165) is 23.3 Å². The number of amides is 1. The van der Waals surface area contributed by atoms with Gasteiger partial charge >= 0.3 is 0 Å². The van der Waals surface area contributed by atoms with Crippen molar-refractivity contribution >= 4 is 11.6 Å². The predicted octanol–water partition coefficient (Wildman–Crippen LogP) is 3.99. The molecule has 0 saturated carbocycles. The van der Waals surface area contributed by atoms with Crippen molar-refractivity contribution in [2.75, 3.05) is 6.61 Å². The summed E-state index contributed by atoms with van der Waals surface area (Å²) in [6.45, 7) is 2.61. The van der Waals surface area contributed by atoms with Gasteiger partial charge in [-0.1, -0.05) is 48.0 Å². The van der Waals surface area contributed by atoms with Gasteiger partial charge in [0.25, 0.3) is 5.91 Å². The number of hydrazone groups is 1. The average Bonchev–Trinajstić information content (AvgIpc) is 3.32. The first-order chi connectivity index (χ1) is 12.6. The molecule has 1 saturated heterocycles. The Bertz CT molecular complexity index is 841. The number of carbonyl (C=O) groups excluding carboxylic acids is 1. The summed E-state index contributed by atoms with van der Waals surface area (Å²) >= 11 is 0. The van der Waals surface area contributed by atoms with E-state index < -0.39 is 12.1 Å². The molecule has 1 amide bonds. The first-order valence-electron chi connectivity index (χ1n) is 8.97. The number of nitrogens with zero attached hydrogens (tertiary/aromatic N) is 2. The van der Waals surface area contributed by atoms with Crippen LogP contribution in [0.3, 0.4) is 0 Å². The molecule has 0 aromatic heterocycles. The summed E-state index contributed by atoms with van der Waals surface area (Å²) in [5.74, 6) is -0.499. The van der Waals surface area contributed by atoms with Gasteiger partial charge in [0.1, 0.15) is 11.9 Å². The zero-order chi connectivity index (χ0) is 18.1. The number of benzene rings is 2. The second-order valence-electron chi connectivity index (χ2n) is 6.84. The third-order valence-corrected chi connectivity index (χ3v) is 4.99. The number of hydrogen-bond acceptors (Lipinski definition) is 3. The highest BCUT2D eigenvalue weighted by atomic mass is 19.1. The number of hydrogen-bond donors (Lipinski definition) is 0. The Morgan fingerprint density at radius 3 is 2.65 bits per heavy atom. The van der Waals surface area contributed by atoms with Crippen LogP contribution in [-0.4, -0.2) is 29.3 Å². The number of ether oxygens (including phenoxy) is 1. The molecular weight excluding hydrogens is 331 g/mol. The van der Waals surface area contributed by atoms with Gasteiger partial charge in [0, 0.05) is 18.6 Å². The maximum Gasteiger partial charge on any atom is 0.272 e. The monoisotopic (exact) mass is 352 g/mol. The average molecular weight is 352 g/mol. The molecular formula is C21H21FN2O2. The maximum absolute atomic E-state index is 14.4. The highest BCUT2D eigenvalue weighted by Crippen LogP contribution is 2.35. The molecule has 4 nitrogen and oxygen atoms in total. The van der Waals surface area contributed by atoms with Gasteiger partial charge in [0.2, 0.25) is 0 Å². The van der Waals surface area contributed by atoms with Gasteiger partial charge in [0.15, 0.2) is 0 Å². The zero-order valence-electron chi connectivity index (χ0n) is 14.7. The quantitative estimate of drug-likeness (QED) is 0.838. The normalized spacial score (nSPS) is 22.5. The highest BCUT2D eigenvalue weighted by molar-refractivity contribution is 6.03. The summed E-state index contributed by atoms with van der Waals surface area (Å²) < 4.78 is 20.0. The Morgan fingerprint density at radius 1 is 1.19 bits per heavy atom. The van der Waals surface area contributed by atoms with Crippen LogP contribution in [-0.2, 0) is 9.53 Å². The van der Waals surface area contributed by atoms with Crippen LogP contribution < -0.4 is 0 Å². The maximum atomic E-state index is 14.4. The van der Waals surface area contributed by atoms with Gasteiger partial charge < -0.3 is 4.74 Å². The number of carbonyl (C=O) groups is 1. The lowest BCUT2D eigenvalue weighted by molar-refractivity contribution is -0.142. The third-order valence-electron chi connectivity index (χ3n) is 4.99. The molecule has 0 spiro atoms. The van der Waals surface area contributed by atoms with Crippen LogP contribution in [0.15, 0.2) is 53.6 Å². The van der Waals surface area contributed by atoms with Gasteiger partial charge in [-0.15, -0.1) is 0 Å². The molecule has 5 heteroatoms. The molecule has 0 radical (unpaired) electrons. The van der Waals surface area contributed by atoms with Gasteiger partial charge in [-0.3, -0.25) is 4.79 Å². The van der Waals surface area contributed by atoms with E-state index in [1.165, 1.54) is 11.1 Å². The summed E-state index contributed by atoms with van der Waals surface area (Å²) in [6.07, 6.45) is 1.56. The van der Waals surface area contributed by atoms with Gasteiger partial charge in [-0.25, -0.2) is 9.40 Å². The van der Waals surface area contributed by atoms with E-state index in [0.29, 0.717) is 25.0 Å². The van der Waals surface area contributed by atoms with Crippen molar-refractivity contribution in [1.82, 2.24) is 5.01 Å². The van der Waals surface area contributed by atoms with Crippen molar-refractivity contribution in [3.05, 3.63) is 71.0 Å². The van der Waals surface area contributed by atoms with Crippen LogP contribution >= 0.6 is 0 Å². The molecule has 26 heavy (non-hydrogen) atoms. The predicted molar refractivity (Wildman–Crippen MR) is 97.3 cm³/mol. The summed E-state index contributed by atoms with van der Waals surface area (Å²) in [7, 11) is 0. The van der Waals surface area contributed by atoms with E-state index in [1.807, 2.05) is 31.2 Å². The minimum absolute atomic E-state index is 0.183. The molecule has 2 atom stereocenters. The lowest BCUT2D eigenvalue weighted by atomic mass is 9.97. The van der Waals surface area contributed by atoms with Crippen molar-refractivity contribution in [2.45, 2.75) is 38.3 Å². The van der Waals surface area contributed by atoms with E-state index in [9.17, 15) is 9.18 Å². The minimum atomic E-state index is -0.481. The summed E-state index contributed by atoms with van der Waals surface area (Å²) in [5.41, 5.74) is 3.40. The Morgan fingerprint density at radius 2 is 1.96 bits per heavy atom. The molecule has 2 unspecified atom stereocenters. The number of aryl methyl sites for hydroxylation is 1. The third kappa shape index (κ3) is 3.15. The van der Waals surface area contributed by atoms with Crippen molar-refractivity contribution in [3.63, 3.8) is 0 Å². The van der Waals surface area contributed by atoms with Gasteiger partial charge in [0.05, 0.1) is 11.8 Å². The molecule has 2 aromatic carbocycles. The second kappa shape index (κ2) is 7.00. The number of halogens is 1. The molecule has 134 valence electrons. The molecule has 1 fully saturated rings. The molecule has 0 bridgehead atoms. The fourth-order valence-corrected chi connectivity index (χ4v) is 3.54. The Kier molecular flexibility index (Phi) is 4.55. The van der Waals surface area contributed by atoms with Crippen LogP contribution in [0.25, 0.3) is 0 Å². The molecule has 0 N–H and O–H groups in total. The van der Waals surface area contributed by atoms with Crippen molar-refractivity contribution < 1.29 is 13.9 Å². The molecule has 2 aliphatic heterocycles. The smallest absolute Gasteiger partial charge is 0.272 e. The largest absolute Gasteiger partial charge is 0.368 e. The Labute approximate surface area is 152 Å². The van der Waals surface area contributed by atoms with Crippen molar-refractivity contribution in [3.8, 4) is 0 Å². The standard InChI is InChI=1S/C21H21FN2O2/c1-14-8-10-15(11-9-14)18-13-19(16-5-2-3-6-17(16)22)24(23-18)21(25)20-7-4-12-26-20/h2-3,5-6,8-11,19-20H,4,7,12-13H2,1H3. The van der Waals surface area contributed by atoms with Crippen LogP contribution in [0.1, 0.15) is 42.0 Å². The van der Waals surface area contributed by atoms with E-state index in [-0.39, 0.29) is 11.7 Å². The second-order valence-corrected chi connectivity index (χ2v) is 6.84. The summed E-state index contributed by atoms with van der Waals surface area (Å²) in [5, 5.41) is 6.02. The van der Waals surface area contributed by atoms with E-state index in [4.69, 9.17) is 4.74 Å². The molecule has 2 heterocycles. The number of rotatable bonds is 3. The lowest BCUT2D eigenvalue weighted by Gasteiger charge is -2.24. The summed E-state index contributed by atoms with van der Waals surface area (Å²) in [4.78, 5) is 12.9. The first-order valence-corrected chi connectivity index (χ1v) is 8.97. The fourth-order valence-electron chi connectivity index (χ4n) is 3.54. The van der Waals surface area contributed by atoms with E-state index in [2.05, 4.69) is 5.10 Å². The van der Waals surface area contributed by atoms with Crippen LogP contribution in [0.2, 0.25) is 0 Å². The van der Waals surface area contributed by atoms with Crippen molar-refractivity contribution in [1.29, 1.82) is 0 Å². The van der Waals surface area contributed by atoms with Crippen LogP contribution in [0.5, 0.6) is 0 Å². The van der Waals surface area contributed by atoms with Gasteiger partial charge in [-0.2, -0.15) is 5.10 Å². The minimum Gasteiger partial charge on any atom is -0.368 e. The summed E-state index contributed by atoms with van der Waals surface area (Å²) in [6, 6.07) is 14.2.